The van der Waals surface area contributed by atoms with Crippen LogP contribution in [0.15, 0.2) is 41.5 Å². The van der Waals surface area contributed by atoms with Crippen LogP contribution in [0.5, 0.6) is 0 Å². The second-order valence-corrected chi connectivity index (χ2v) is 4.63. The predicted octanol–water partition coefficient (Wildman–Crippen LogP) is 2.46. The van der Waals surface area contributed by atoms with E-state index in [1.165, 1.54) is 0 Å². The zero-order valence-electron chi connectivity index (χ0n) is 12.0. The molecule has 1 amide bonds. The van der Waals surface area contributed by atoms with Gasteiger partial charge in [-0.15, -0.1) is 0 Å². The Morgan fingerprint density at radius 2 is 2.10 bits per heavy atom. The highest BCUT2D eigenvalue weighted by Gasteiger charge is 2.08. The lowest BCUT2D eigenvalue weighted by Crippen LogP contribution is -2.16. The van der Waals surface area contributed by atoms with Crippen molar-refractivity contribution in [1.29, 1.82) is 5.26 Å². The first-order valence-corrected chi connectivity index (χ1v) is 6.56. The number of aryl methyl sites for hydroxylation is 1. The van der Waals surface area contributed by atoms with E-state index >= 15 is 0 Å². The lowest BCUT2D eigenvalue weighted by molar-refractivity contribution is -0.120. The Bertz CT molecular complexity index is 708. The van der Waals surface area contributed by atoms with Gasteiger partial charge in [0.05, 0.1) is 12.3 Å². The molecule has 2 aromatic rings. The number of hydrazone groups is 1. The van der Waals surface area contributed by atoms with Gasteiger partial charge < -0.3 is 4.57 Å². The summed E-state index contributed by atoms with van der Waals surface area (Å²) in [5.74, 6) is -0.411. The maximum absolute atomic E-state index is 11.2. The van der Waals surface area contributed by atoms with E-state index in [0.29, 0.717) is 0 Å². The van der Waals surface area contributed by atoms with E-state index < -0.39 is 5.91 Å². The lowest BCUT2D eigenvalue weighted by atomic mass is 10.2. The Labute approximate surface area is 123 Å². The molecule has 5 heteroatoms. The molecule has 0 spiro atoms. The molecular weight excluding hydrogens is 264 g/mol. The van der Waals surface area contributed by atoms with Gasteiger partial charge in [0.15, 0.2) is 0 Å². The highest BCUT2D eigenvalue weighted by Crippen LogP contribution is 2.19. The van der Waals surface area contributed by atoms with Crippen LogP contribution in [-0.4, -0.2) is 16.7 Å². The maximum Gasteiger partial charge on any atom is 0.254 e. The fourth-order valence-electron chi connectivity index (χ4n) is 2.18. The smallest absolute Gasteiger partial charge is 0.254 e. The minimum Gasteiger partial charge on any atom is -0.318 e. The van der Waals surface area contributed by atoms with Gasteiger partial charge in [0.1, 0.15) is 6.42 Å². The summed E-state index contributed by atoms with van der Waals surface area (Å²) in [5, 5.41) is 12.3. The number of aromatic nitrogens is 1. The van der Waals surface area contributed by atoms with Gasteiger partial charge in [-0.25, -0.2) is 5.43 Å². The third kappa shape index (κ3) is 3.37. The molecule has 5 nitrogen and oxygen atoms in total. The molecule has 106 valence electrons. The van der Waals surface area contributed by atoms with E-state index in [1.807, 2.05) is 50.2 Å². The molecule has 0 bridgehead atoms. The van der Waals surface area contributed by atoms with Crippen LogP contribution in [0.1, 0.15) is 23.4 Å². The van der Waals surface area contributed by atoms with Gasteiger partial charge in [-0.05, 0) is 32.0 Å². The highest BCUT2D eigenvalue weighted by atomic mass is 16.2. The van der Waals surface area contributed by atoms with Crippen LogP contribution in [0.4, 0.5) is 0 Å². The number of nitriles is 1. The van der Waals surface area contributed by atoms with Crippen molar-refractivity contribution in [3.63, 3.8) is 0 Å². The van der Waals surface area contributed by atoms with Crippen LogP contribution in [0.3, 0.4) is 0 Å². The fraction of sp³-hybridized carbons (Fsp3) is 0.188. The monoisotopic (exact) mass is 280 g/mol. The van der Waals surface area contributed by atoms with E-state index in [4.69, 9.17) is 5.26 Å². The number of rotatable bonds is 4. The van der Waals surface area contributed by atoms with Crippen molar-refractivity contribution in [1.82, 2.24) is 9.99 Å². The molecule has 0 saturated carbocycles. The lowest BCUT2D eigenvalue weighted by Gasteiger charge is -2.08. The standard InChI is InChI=1S/C16H16N4O/c1-12-10-14(11-18-19-16(21)8-9-17)13(2)20(12)15-6-4-3-5-7-15/h3-7,10-11H,8H2,1-2H3,(H,19,21)/b18-11-. The third-order valence-corrected chi connectivity index (χ3v) is 3.12. The zero-order chi connectivity index (χ0) is 15.2. The normalized spacial score (nSPS) is 10.5. The molecule has 0 atom stereocenters. The molecule has 2 rings (SSSR count). The van der Waals surface area contributed by atoms with Crippen molar-refractivity contribution in [2.24, 2.45) is 5.10 Å². The summed E-state index contributed by atoms with van der Waals surface area (Å²) >= 11 is 0. The van der Waals surface area contributed by atoms with Crippen LogP contribution in [-0.2, 0) is 4.79 Å². The van der Waals surface area contributed by atoms with Gasteiger partial charge in [-0.1, -0.05) is 18.2 Å². The van der Waals surface area contributed by atoms with Gasteiger partial charge in [-0.3, -0.25) is 4.79 Å². The number of hydrogen-bond donors (Lipinski definition) is 1. The Kier molecular flexibility index (Phi) is 4.52. The molecule has 1 aromatic heterocycles. The Morgan fingerprint density at radius 1 is 1.38 bits per heavy atom. The molecule has 0 saturated heterocycles. The van der Waals surface area contributed by atoms with Crippen molar-refractivity contribution in [2.75, 3.05) is 0 Å². The average Bonchev–Trinajstić information content (AvgIpc) is 2.75. The second kappa shape index (κ2) is 6.53. The number of benzene rings is 1. The minimum absolute atomic E-state index is 0.194. The van der Waals surface area contributed by atoms with E-state index in [9.17, 15) is 4.79 Å². The Balaban J connectivity index is 2.22. The zero-order valence-corrected chi connectivity index (χ0v) is 12.0. The molecule has 0 aliphatic carbocycles. The molecule has 0 aliphatic rings. The minimum atomic E-state index is -0.411. The van der Waals surface area contributed by atoms with E-state index in [1.54, 1.807) is 12.3 Å². The first-order chi connectivity index (χ1) is 10.1. The second-order valence-electron chi connectivity index (χ2n) is 4.63. The Hall–Kier alpha value is -2.87. The number of nitrogens with zero attached hydrogens (tertiary/aromatic N) is 3. The Morgan fingerprint density at radius 3 is 2.76 bits per heavy atom. The van der Waals surface area contributed by atoms with Crippen molar-refractivity contribution in [3.8, 4) is 11.8 Å². The summed E-state index contributed by atoms with van der Waals surface area (Å²) in [6.45, 7) is 4.02. The first kappa shape index (κ1) is 14.5. The number of hydrogen-bond acceptors (Lipinski definition) is 3. The molecular formula is C16H16N4O. The van der Waals surface area contributed by atoms with Crippen molar-refractivity contribution >= 4 is 12.1 Å². The van der Waals surface area contributed by atoms with Gasteiger partial charge in [0.25, 0.3) is 5.91 Å². The van der Waals surface area contributed by atoms with Crippen LogP contribution >= 0.6 is 0 Å². The maximum atomic E-state index is 11.2. The number of carbonyl (C=O) groups excluding carboxylic acids is 1. The van der Waals surface area contributed by atoms with Gasteiger partial charge >= 0.3 is 0 Å². The van der Waals surface area contributed by atoms with Crippen LogP contribution < -0.4 is 5.43 Å². The highest BCUT2D eigenvalue weighted by molar-refractivity contribution is 5.84. The average molecular weight is 280 g/mol. The van der Waals surface area contributed by atoms with Crippen molar-refractivity contribution in [3.05, 3.63) is 53.3 Å². The molecule has 1 heterocycles. The molecule has 1 aromatic carbocycles. The predicted molar refractivity (Wildman–Crippen MR) is 81.2 cm³/mol. The molecule has 0 unspecified atom stereocenters. The van der Waals surface area contributed by atoms with Crippen LogP contribution in [0.25, 0.3) is 5.69 Å². The number of amides is 1. The topological polar surface area (TPSA) is 70.2 Å². The van der Waals surface area contributed by atoms with Gasteiger partial charge in [0, 0.05) is 22.6 Å². The molecule has 0 radical (unpaired) electrons. The number of para-hydroxylation sites is 1. The summed E-state index contributed by atoms with van der Waals surface area (Å²) in [6.07, 6.45) is 1.40. The molecule has 0 fully saturated rings. The SMILES string of the molecule is Cc1cc(/C=N\NC(=O)CC#N)c(C)n1-c1ccccc1. The van der Waals surface area contributed by atoms with E-state index in [-0.39, 0.29) is 6.42 Å². The quantitative estimate of drug-likeness (QED) is 0.690. The van der Waals surface area contributed by atoms with Gasteiger partial charge in [-0.2, -0.15) is 10.4 Å². The summed E-state index contributed by atoms with van der Waals surface area (Å²) in [6, 6.07) is 13.8. The van der Waals surface area contributed by atoms with E-state index in [0.717, 1.165) is 22.6 Å². The van der Waals surface area contributed by atoms with Gasteiger partial charge in [0.2, 0.25) is 0 Å². The number of nitrogens with one attached hydrogen (secondary N) is 1. The molecule has 21 heavy (non-hydrogen) atoms. The molecule has 1 N–H and O–H groups in total. The largest absolute Gasteiger partial charge is 0.318 e. The van der Waals surface area contributed by atoms with Crippen LogP contribution in [0, 0.1) is 25.2 Å². The van der Waals surface area contributed by atoms with Crippen LogP contribution in [0.2, 0.25) is 0 Å². The fourth-order valence-corrected chi connectivity index (χ4v) is 2.18. The third-order valence-electron chi connectivity index (χ3n) is 3.12. The van der Waals surface area contributed by atoms with Crippen molar-refractivity contribution < 1.29 is 4.79 Å². The first-order valence-electron chi connectivity index (χ1n) is 6.56. The summed E-state index contributed by atoms with van der Waals surface area (Å²) in [4.78, 5) is 11.2. The number of carbonyl (C=O) groups is 1. The summed E-state index contributed by atoms with van der Waals surface area (Å²) < 4.78 is 2.12. The molecule has 0 aliphatic heterocycles. The van der Waals surface area contributed by atoms with E-state index in [2.05, 4.69) is 15.1 Å². The van der Waals surface area contributed by atoms with Crippen molar-refractivity contribution in [2.45, 2.75) is 20.3 Å². The summed E-state index contributed by atoms with van der Waals surface area (Å²) in [5.41, 5.74) is 6.46. The summed E-state index contributed by atoms with van der Waals surface area (Å²) in [7, 11) is 0.